The average Bonchev–Trinajstić information content (AvgIpc) is 3.19. The number of hydrogen-bond acceptors (Lipinski definition) is 5. The van der Waals surface area contributed by atoms with Gasteiger partial charge in [0.2, 0.25) is 5.91 Å². The fourth-order valence-electron chi connectivity index (χ4n) is 2.33. The molecule has 1 aromatic heterocycles. The van der Waals surface area contributed by atoms with Gasteiger partial charge in [0.25, 0.3) is 5.91 Å². The molecule has 0 saturated carbocycles. The van der Waals surface area contributed by atoms with Crippen molar-refractivity contribution in [2.75, 3.05) is 12.4 Å². The summed E-state index contributed by atoms with van der Waals surface area (Å²) in [6.45, 7) is 3.98. The molecule has 1 atom stereocenters. The largest absolute Gasteiger partial charge is 0.459 e. The third-order valence-corrected chi connectivity index (χ3v) is 3.83. The molecule has 0 aliphatic carbocycles. The van der Waals surface area contributed by atoms with E-state index >= 15 is 0 Å². The van der Waals surface area contributed by atoms with Crippen molar-refractivity contribution < 1.29 is 23.5 Å². The monoisotopic (exact) mass is 373 g/mol. The Morgan fingerprint density at radius 2 is 1.81 bits per heavy atom. The van der Waals surface area contributed by atoms with E-state index in [-0.39, 0.29) is 24.1 Å². The van der Waals surface area contributed by atoms with Crippen molar-refractivity contribution in [2.24, 2.45) is 5.92 Å². The molecule has 1 heterocycles. The number of methoxy groups -OCH3 is 1. The van der Waals surface area contributed by atoms with E-state index in [4.69, 9.17) is 4.42 Å². The molecule has 0 radical (unpaired) electrons. The maximum absolute atomic E-state index is 12.5. The second-order valence-corrected chi connectivity index (χ2v) is 6.20. The molecule has 0 fully saturated rings. The summed E-state index contributed by atoms with van der Waals surface area (Å²) in [5.41, 5.74) is 1.43. The maximum atomic E-state index is 12.5. The van der Waals surface area contributed by atoms with Gasteiger partial charge in [-0.25, -0.2) is 4.79 Å². The van der Waals surface area contributed by atoms with Crippen molar-refractivity contribution in [3.8, 4) is 0 Å². The van der Waals surface area contributed by atoms with Crippen LogP contribution in [0.1, 0.15) is 30.0 Å². The van der Waals surface area contributed by atoms with Gasteiger partial charge in [-0.05, 0) is 35.7 Å². The molecular formula is C19H23N3O5. The Kier molecular flexibility index (Phi) is 6.99. The molecule has 0 aliphatic heterocycles. The lowest BCUT2D eigenvalue weighted by molar-refractivity contribution is -0.124. The highest BCUT2D eigenvalue weighted by atomic mass is 16.5. The predicted molar refractivity (Wildman–Crippen MR) is 99.1 cm³/mol. The molecule has 1 aromatic carbocycles. The van der Waals surface area contributed by atoms with Gasteiger partial charge in [0.1, 0.15) is 6.04 Å². The Morgan fingerprint density at radius 3 is 2.37 bits per heavy atom. The topological polar surface area (TPSA) is 110 Å². The van der Waals surface area contributed by atoms with Crippen LogP contribution in [0.5, 0.6) is 0 Å². The average molecular weight is 373 g/mol. The van der Waals surface area contributed by atoms with Crippen LogP contribution in [0.15, 0.2) is 47.1 Å². The van der Waals surface area contributed by atoms with Gasteiger partial charge in [-0.2, -0.15) is 0 Å². The second-order valence-electron chi connectivity index (χ2n) is 6.20. The van der Waals surface area contributed by atoms with E-state index in [1.165, 1.54) is 19.4 Å². The first-order chi connectivity index (χ1) is 12.9. The molecule has 0 bridgehead atoms. The van der Waals surface area contributed by atoms with E-state index in [1.54, 1.807) is 30.3 Å². The molecule has 144 valence electrons. The summed E-state index contributed by atoms with van der Waals surface area (Å²) in [5.74, 6) is -0.675. The molecule has 8 nitrogen and oxygen atoms in total. The van der Waals surface area contributed by atoms with Crippen LogP contribution in [0.4, 0.5) is 10.5 Å². The smallest absolute Gasteiger partial charge is 0.411 e. The highest BCUT2D eigenvalue weighted by molar-refractivity contribution is 5.95. The van der Waals surface area contributed by atoms with E-state index < -0.39 is 18.0 Å². The third kappa shape index (κ3) is 5.88. The zero-order valence-electron chi connectivity index (χ0n) is 15.4. The SMILES string of the molecule is COC(=O)Nc1ccc(CNC(=O)[C@H](NC(=O)c2ccco2)C(C)C)cc1. The lowest BCUT2D eigenvalue weighted by atomic mass is 10.0. The zero-order chi connectivity index (χ0) is 19.8. The van der Waals surface area contributed by atoms with Crippen LogP contribution in [-0.2, 0) is 16.1 Å². The van der Waals surface area contributed by atoms with E-state index in [1.807, 2.05) is 13.8 Å². The number of furan rings is 1. The Morgan fingerprint density at radius 1 is 1.11 bits per heavy atom. The normalized spacial score (nSPS) is 11.6. The van der Waals surface area contributed by atoms with Crippen LogP contribution < -0.4 is 16.0 Å². The molecule has 3 N–H and O–H groups in total. The minimum Gasteiger partial charge on any atom is -0.459 e. The standard InChI is InChI=1S/C19H23N3O5/c1-12(2)16(22-17(23)15-5-4-10-27-15)18(24)20-11-13-6-8-14(9-7-13)21-19(25)26-3/h4-10,12,16H,11H2,1-3H3,(H,20,24)(H,21,25)(H,22,23)/t16-/m1/s1. The molecule has 3 amide bonds. The number of amides is 3. The van der Waals surface area contributed by atoms with Crippen molar-refractivity contribution >= 4 is 23.6 Å². The number of anilines is 1. The number of rotatable bonds is 7. The van der Waals surface area contributed by atoms with Crippen LogP contribution in [0.2, 0.25) is 0 Å². The van der Waals surface area contributed by atoms with Gasteiger partial charge in [0.05, 0.1) is 13.4 Å². The highest BCUT2D eigenvalue weighted by Gasteiger charge is 2.25. The van der Waals surface area contributed by atoms with Gasteiger partial charge in [-0.1, -0.05) is 26.0 Å². The molecule has 2 rings (SSSR count). The number of carbonyl (C=O) groups excluding carboxylic acids is 3. The summed E-state index contributed by atoms with van der Waals surface area (Å²) >= 11 is 0. The van der Waals surface area contributed by atoms with Crippen LogP contribution in [0, 0.1) is 5.92 Å². The Balaban J connectivity index is 1.91. The number of ether oxygens (including phenoxy) is 1. The number of carbonyl (C=O) groups is 3. The molecule has 27 heavy (non-hydrogen) atoms. The van der Waals surface area contributed by atoms with Gasteiger partial charge in [-0.15, -0.1) is 0 Å². The minimum atomic E-state index is -0.692. The Bertz CT molecular complexity index is 769. The van der Waals surface area contributed by atoms with E-state index in [0.29, 0.717) is 5.69 Å². The Labute approximate surface area is 157 Å². The second kappa shape index (κ2) is 9.42. The zero-order valence-corrected chi connectivity index (χ0v) is 15.4. The first-order valence-corrected chi connectivity index (χ1v) is 8.46. The summed E-state index contributed by atoms with van der Waals surface area (Å²) in [6, 6.07) is 9.41. The number of benzene rings is 1. The molecule has 0 saturated heterocycles. The van der Waals surface area contributed by atoms with Gasteiger partial charge in [0, 0.05) is 12.2 Å². The predicted octanol–water partition coefficient (Wildman–Crippen LogP) is 2.53. The molecular weight excluding hydrogens is 350 g/mol. The van der Waals surface area contributed by atoms with Crippen LogP contribution in [-0.4, -0.2) is 31.1 Å². The summed E-state index contributed by atoms with van der Waals surface area (Å²) in [6.07, 6.45) is 0.848. The summed E-state index contributed by atoms with van der Waals surface area (Å²) in [5, 5.41) is 8.04. The van der Waals surface area contributed by atoms with Gasteiger partial charge in [-0.3, -0.25) is 14.9 Å². The van der Waals surface area contributed by atoms with Crippen LogP contribution >= 0.6 is 0 Å². The van der Waals surface area contributed by atoms with Gasteiger partial charge in [0.15, 0.2) is 5.76 Å². The van der Waals surface area contributed by atoms with Crippen molar-refractivity contribution in [2.45, 2.75) is 26.4 Å². The summed E-state index contributed by atoms with van der Waals surface area (Å²) < 4.78 is 9.57. The summed E-state index contributed by atoms with van der Waals surface area (Å²) in [7, 11) is 1.29. The third-order valence-electron chi connectivity index (χ3n) is 3.83. The fraction of sp³-hybridized carbons (Fsp3) is 0.316. The fourth-order valence-corrected chi connectivity index (χ4v) is 2.33. The van der Waals surface area contributed by atoms with Crippen LogP contribution in [0.25, 0.3) is 0 Å². The van der Waals surface area contributed by atoms with E-state index in [2.05, 4.69) is 20.7 Å². The molecule has 0 spiro atoms. The quantitative estimate of drug-likeness (QED) is 0.691. The summed E-state index contributed by atoms with van der Waals surface area (Å²) in [4.78, 5) is 35.8. The molecule has 0 unspecified atom stereocenters. The van der Waals surface area contributed by atoms with Crippen molar-refractivity contribution in [3.63, 3.8) is 0 Å². The molecule has 8 heteroatoms. The Hall–Kier alpha value is -3.29. The van der Waals surface area contributed by atoms with Crippen molar-refractivity contribution in [1.82, 2.24) is 10.6 Å². The highest BCUT2D eigenvalue weighted by Crippen LogP contribution is 2.11. The van der Waals surface area contributed by atoms with Gasteiger partial charge < -0.3 is 19.8 Å². The number of nitrogens with one attached hydrogen (secondary N) is 3. The maximum Gasteiger partial charge on any atom is 0.411 e. The molecule has 0 aliphatic rings. The van der Waals surface area contributed by atoms with Crippen molar-refractivity contribution in [3.05, 3.63) is 54.0 Å². The number of hydrogen-bond donors (Lipinski definition) is 3. The lowest BCUT2D eigenvalue weighted by Gasteiger charge is -2.21. The van der Waals surface area contributed by atoms with E-state index in [0.717, 1.165) is 5.56 Å². The first-order valence-electron chi connectivity index (χ1n) is 8.46. The van der Waals surface area contributed by atoms with E-state index in [9.17, 15) is 14.4 Å². The van der Waals surface area contributed by atoms with Gasteiger partial charge >= 0.3 is 6.09 Å². The first kappa shape index (κ1) is 20.0. The van der Waals surface area contributed by atoms with Crippen LogP contribution in [0.3, 0.4) is 0 Å². The lowest BCUT2D eigenvalue weighted by Crippen LogP contribution is -2.49. The molecule has 2 aromatic rings. The minimum absolute atomic E-state index is 0.101. The van der Waals surface area contributed by atoms with Crippen molar-refractivity contribution in [1.29, 1.82) is 0 Å².